The van der Waals surface area contributed by atoms with Crippen LogP contribution in [-0.2, 0) is 6.42 Å². The molecule has 5 nitrogen and oxygen atoms in total. The van der Waals surface area contributed by atoms with Gasteiger partial charge in [-0.3, -0.25) is 9.89 Å². The average Bonchev–Trinajstić information content (AvgIpc) is 2.76. The minimum absolute atomic E-state index is 0.153. The Bertz CT molecular complexity index is 454. The number of nitrogens with one attached hydrogen (secondary N) is 2. The first-order chi connectivity index (χ1) is 9.04. The third-order valence-corrected chi connectivity index (χ3v) is 4.47. The number of aryl methyl sites for hydroxylation is 1. The number of hydrogen-bond donors (Lipinski definition) is 3. The number of anilines is 1. The number of carbonyl (C=O) groups is 1. The topological polar surface area (TPSA) is 83.8 Å². The van der Waals surface area contributed by atoms with Crippen LogP contribution in [0.5, 0.6) is 0 Å². The van der Waals surface area contributed by atoms with Gasteiger partial charge in [0.15, 0.2) is 5.69 Å². The maximum Gasteiger partial charge on any atom is 0.274 e. The molecule has 1 aromatic rings. The molecule has 0 spiro atoms. The first-order valence-corrected chi connectivity index (χ1v) is 7.18. The number of nitrogens with two attached hydrogens (primary N) is 1. The molecule has 1 amide bonds. The van der Waals surface area contributed by atoms with Crippen LogP contribution in [-0.4, -0.2) is 22.1 Å². The molecule has 19 heavy (non-hydrogen) atoms. The van der Waals surface area contributed by atoms with E-state index in [1.165, 1.54) is 12.8 Å². The van der Waals surface area contributed by atoms with Gasteiger partial charge in [0.1, 0.15) is 0 Å². The van der Waals surface area contributed by atoms with Gasteiger partial charge in [-0.1, -0.05) is 33.6 Å². The normalized spacial score (nSPS) is 27.2. The molecular weight excluding hydrogens is 240 g/mol. The van der Waals surface area contributed by atoms with Crippen molar-refractivity contribution in [2.45, 2.75) is 52.5 Å². The summed E-state index contributed by atoms with van der Waals surface area (Å²) >= 11 is 0. The smallest absolute Gasteiger partial charge is 0.274 e. The Labute approximate surface area is 114 Å². The molecule has 3 atom stereocenters. The first kappa shape index (κ1) is 13.9. The summed E-state index contributed by atoms with van der Waals surface area (Å²) in [6.45, 7) is 6.44. The standard InChI is InChI=1S/C14H24N4O/c1-4-10-12(15)13(18-17-10)14(19)16-11-7-5-6-8(2)9(11)3/h8-9,11H,4-7,15H2,1-3H3,(H,16,19)(H,17,18). The van der Waals surface area contributed by atoms with E-state index >= 15 is 0 Å². The van der Waals surface area contributed by atoms with Crippen LogP contribution in [0.2, 0.25) is 0 Å². The van der Waals surface area contributed by atoms with Crippen molar-refractivity contribution >= 4 is 11.6 Å². The molecule has 1 aliphatic carbocycles. The molecule has 1 heterocycles. The highest BCUT2D eigenvalue weighted by molar-refractivity contribution is 5.97. The van der Waals surface area contributed by atoms with Crippen LogP contribution < -0.4 is 11.1 Å². The SMILES string of the molecule is CCc1[nH]nc(C(=O)NC2CCCC(C)C2C)c1N. The van der Waals surface area contributed by atoms with E-state index in [1.807, 2.05) is 6.92 Å². The molecule has 0 radical (unpaired) electrons. The maximum atomic E-state index is 12.2. The zero-order chi connectivity index (χ0) is 14.0. The fraction of sp³-hybridized carbons (Fsp3) is 0.714. The van der Waals surface area contributed by atoms with Gasteiger partial charge in [0.05, 0.1) is 11.4 Å². The lowest BCUT2D eigenvalue weighted by atomic mass is 9.78. The minimum Gasteiger partial charge on any atom is -0.395 e. The summed E-state index contributed by atoms with van der Waals surface area (Å²) in [6, 6.07) is 0.234. The molecule has 1 aliphatic rings. The summed E-state index contributed by atoms with van der Waals surface area (Å²) in [5.41, 5.74) is 7.57. The van der Waals surface area contributed by atoms with Crippen molar-refractivity contribution in [1.29, 1.82) is 0 Å². The number of H-pyrrole nitrogens is 1. The summed E-state index contributed by atoms with van der Waals surface area (Å²) in [6.07, 6.45) is 4.22. The van der Waals surface area contributed by atoms with Gasteiger partial charge in [0.25, 0.3) is 5.91 Å². The second-order valence-electron chi connectivity index (χ2n) is 5.67. The number of carbonyl (C=O) groups excluding carboxylic acids is 1. The first-order valence-electron chi connectivity index (χ1n) is 7.18. The molecule has 3 unspecified atom stereocenters. The van der Waals surface area contributed by atoms with Crippen LogP contribution in [0.3, 0.4) is 0 Å². The lowest BCUT2D eigenvalue weighted by Crippen LogP contribution is -2.44. The monoisotopic (exact) mass is 264 g/mol. The van der Waals surface area contributed by atoms with Gasteiger partial charge in [-0.15, -0.1) is 0 Å². The molecule has 0 bridgehead atoms. The van der Waals surface area contributed by atoms with E-state index in [4.69, 9.17) is 5.73 Å². The largest absolute Gasteiger partial charge is 0.395 e. The predicted molar refractivity (Wildman–Crippen MR) is 75.8 cm³/mol. The predicted octanol–water partition coefficient (Wildman–Crippen LogP) is 2.11. The molecule has 2 rings (SSSR count). The second kappa shape index (κ2) is 5.63. The fourth-order valence-electron chi connectivity index (χ4n) is 2.85. The number of rotatable bonds is 3. The van der Waals surface area contributed by atoms with Gasteiger partial charge in [-0.25, -0.2) is 0 Å². The van der Waals surface area contributed by atoms with E-state index in [9.17, 15) is 4.79 Å². The molecule has 0 saturated heterocycles. The van der Waals surface area contributed by atoms with Crippen molar-refractivity contribution in [3.05, 3.63) is 11.4 Å². The summed E-state index contributed by atoms with van der Waals surface area (Å²) in [5.74, 6) is 1.00. The van der Waals surface area contributed by atoms with E-state index in [0.29, 0.717) is 23.2 Å². The Kier molecular flexibility index (Phi) is 4.12. The van der Waals surface area contributed by atoms with Crippen molar-refractivity contribution < 1.29 is 4.79 Å². The summed E-state index contributed by atoms with van der Waals surface area (Å²) in [5, 5.41) is 9.95. The minimum atomic E-state index is -0.153. The van der Waals surface area contributed by atoms with Gasteiger partial charge >= 0.3 is 0 Å². The van der Waals surface area contributed by atoms with E-state index in [1.54, 1.807) is 0 Å². The zero-order valence-electron chi connectivity index (χ0n) is 12.0. The molecule has 1 aromatic heterocycles. The highest BCUT2D eigenvalue weighted by atomic mass is 16.2. The second-order valence-corrected chi connectivity index (χ2v) is 5.67. The summed E-state index contributed by atoms with van der Waals surface area (Å²) in [7, 11) is 0. The van der Waals surface area contributed by atoms with Crippen LogP contribution in [0.1, 0.15) is 56.2 Å². The molecule has 106 valence electrons. The van der Waals surface area contributed by atoms with E-state index in [0.717, 1.165) is 18.5 Å². The molecule has 4 N–H and O–H groups in total. The Morgan fingerprint density at radius 1 is 1.47 bits per heavy atom. The lowest BCUT2D eigenvalue weighted by Gasteiger charge is -2.34. The Hall–Kier alpha value is -1.52. The van der Waals surface area contributed by atoms with Crippen LogP contribution >= 0.6 is 0 Å². The van der Waals surface area contributed by atoms with Crippen LogP contribution in [0.15, 0.2) is 0 Å². The number of hydrogen-bond acceptors (Lipinski definition) is 3. The maximum absolute atomic E-state index is 12.2. The third-order valence-electron chi connectivity index (χ3n) is 4.47. The van der Waals surface area contributed by atoms with Crippen molar-refractivity contribution in [2.75, 3.05) is 5.73 Å². The van der Waals surface area contributed by atoms with E-state index < -0.39 is 0 Å². The number of nitrogens with zero attached hydrogens (tertiary/aromatic N) is 1. The van der Waals surface area contributed by atoms with Crippen molar-refractivity contribution in [1.82, 2.24) is 15.5 Å². The highest BCUT2D eigenvalue weighted by Gasteiger charge is 2.29. The van der Waals surface area contributed by atoms with Gasteiger partial charge in [-0.05, 0) is 24.7 Å². The Balaban J connectivity index is 2.06. The Morgan fingerprint density at radius 2 is 2.21 bits per heavy atom. The van der Waals surface area contributed by atoms with Crippen molar-refractivity contribution in [3.63, 3.8) is 0 Å². The summed E-state index contributed by atoms with van der Waals surface area (Å²) < 4.78 is 0. The number of aromatic nitrogens is 2. The van der Waals surface area contributed by atoms with E-state index in [-0.39, 0.29) is 11.9 Å². The van der Waals surface area contributed by atoms with Crippen molar-refractivity contribution in [2.24, 2.45) is 11.8 Å². The molecule has 5 heteroatoms. The number of nitrogen functional groups attached to an aromatic ring is 1. The highest BCUT2D eigenvalue weighted by Crippen LogP contribution is 2.29. The molecule has 1 fully saturated rings. The molecular formula is C14H24N4O. The van der Waals surface area contributed by atoms with Gasteiger partial charge in [-0.2, -0.15) is 5.10 Å². The van der Waals surface area contributed by atoms with Crippen LogP contribution in [0, 0.1) is 11.8 Å². The zero-order valence-corrected chi connectivity index (χ0v) is 12.0. The molecule has 1 saturated carbocycles. The quantitative estimate of drug-likeness (QED) is 0.781. The van der Waals surface area contributed by atoms with Crippen LogP contribution in [0.4, 0.5) is 5.69 Å². The lowest BCUT2D eigenvalue weighted by molar-refractivity contribution is 0.0887. The molecule has 0 aliphatic heterocycles. The fourth-order valence-corrected chi connectivity index (χ4v) is 2.85. The van der Waals surface area contributed by atoms with Gasteiger partial charge in [0, 0.05) is 6.04 Å². The average molecular weight is 264 g/mol. The number of aromatic amines is 1. The van der Waals surface area contributed by atoms with Gasteiger partial charge in [0.2, 0.25) is 0 Å². The Morgan fingerprint density at radius 3 is 2.84 bits per heavy atom. The van der Waals surface area contributed by atoms with Gasteiger partial charge < -0.3 is 11.1 Å². The summed E-state index contributed by atoms with van der Waals surface area (Å²) in [4.78, 5) is 12.2. The number of amides is 1. The van der Waals surface area contributed by atoms with Crippen LogP contribution in [0.25, 0.3) is 0 Å². The third kappa shape index (κ3) is 2.74. The molecule has 0 aromatic carbocycles. The van der Waals surface area contributed by atoms with E-state index in [2.05, 4.69) is 29.4 Å². The van der Waals surface area contributed by atoms with Crippen molar-refractivity contribution in [3.8, 4) is 0 Å².